The van der Waals surface area contributed by atoms with Gasteiger partial charge in [-0.25, -0.2) is 0 Å². The highest BCUT2D eigenvalue weighted by Crippen LogP contribution is 2.44. The first-order valence-electron chi connectivity index (χ1n) is 5.39. The van der Waals surface area contributed by atoms with Crippen LogP contribution in [0.3, 0.4) is 0 Å². The third-order valence-corrected chi connectivity index (χ3v) is 3.90. The second-order valence-corrected chi connectivity index (χ2v) is 5.83. The van der Waals surface area contributed by atoms with E-state index in [2.05, 4.69) is 26.1 Å². The standard InChI is InChI=1S/C11H21NO/c1-10(2,3)11(13)6-8-4-5-9(7-11)12-8/h8-9,12-13H,4-7H2,1-3H3/t8-,9+,11+. The molecule has 13 heavy (non-hydrogen) atoms. The number of rotatable bonds is 0. The topological polar surface area (TPSA) is 32.3 Å². The molecule has 3 atom stereocenters. The zero-order chi connectivity index (χ0) is 9.69. The first kappa shape index (κ1) is 9.47. The summed E-state index contributed by atoms with van der Waals surface area (Å²) in [5.41, 5.74) is -0.417. The van der Waals surface area contributed by atoms with Gasteiger partial charge in [0.1, 0.15) is 0 Å². The molecule has 2 saturated heterocycles. The Morgan fingerprint density at radius 1 is 1.15 bits per heavy atom. The lowest BCUT2D eigenvalue weighted by Crippen LogP contribution is -2.54. The predicted molar refractivity (Wildman–Crippen MR) is 53.6 cm³/mol. The van der Waals surface area contributed by atoms with Crippen LogP contribution in [0.15, 0.2) is 0 Å². The Balaban J connectivity index is 2.17. The van der Waals surface area contributed by atoms with Crippen molar-refractivity contribution >= 4 is 0 Å². The fourth-order valence-corrected chi connectivity index (χ4v) is 2.74. The van der Waals surface area contributed by atoms with Crippen molar-refractivity contribution in [3.63, 3.8) is 0 Å². The Kier molecular flexibility index (Phi) is 1.97. The summed E-state index contributed by atoms with van der Waals surface area (Å²) >= 11 is 0. The SMILES string of the molecule is CC(C)(C)[C@]1(O)C[C@H]2CC[C@@H](C1)N2. The van der Waals surface area contributed by atoms with Crippen LogP contribution in [0, 0.1) is 5.41 Å². The van der Waals surface area contributed by atoms with Crippen LogP contribution in [-0.4, -0.2) is 22.8 Å². The molecule has 0 aliphatic carbocycles. The molecule has 0 radical (unpaired) electrons. The molecule has 2 rings (SSSR count). The van der Waals surface area contributed by atoms with Crippen molar-refractivity contribution in [1.29, 1.82) is 0 Å². The highest BCUT2D eigenvalue weighted by atomic mass is 16.3. The molecule has 0 unspecified atom stereocenters. The average molecular weight is 183 g/mol. The van der Waals surface area contributed by atoms with Crippen molar-refractivity contribution in [2.24, 2.45) is 5.41 Å². The van der Waals surface area contributed by atoms with Gasteiger partial charge in [0.05, 0.1) is 5.60 Å². The van der Waals surface area contributed by atoms with Gasteiger partial charge in [-0.1, -0.05) is 20.8 Å². The lowest BCUT2D eigenvalue weighted by molar-refractivity contribution is -0.0915. The second-order valence-electron chi connectivity index (χ2n) is 5.83. The molecule has 0 spiro atoms. The molecular formula is C11H21NO. The van der Waals surface area contributed by atoms with Gasteiger partial charge in [0.2, 0.25) is 0 Å². The minimum absolute atomic E-state index is 0.0238. The van der Waals surface area contributed by atoms with E-state index in [1.54, 1.807) is 0 Å². The molecule has 76 valence electrons. The van der Waals surface area contributed by atoms with E-state index in [0.717, 1.165) is 12.8 Å². The predicted octanol–water partition coefficient (Wildman–Crippen LogP) is 1.68. The maximum absolute atomic E-state index is 10.5. The Bertz CT molecular complexity index is 195. The van der Waals surface area contributed by atoms with E-state index in [1.165, 1.54) is 12.8 Å². The van der Waals surface area contributed by atoms with Gasteiger partial charge in [0.15, 0.2) is 0 Å². The Hall–Kier alpha value is -0.0800. The minimum Gasteiger partial charge on any atom is -0.389 e. The van der Waals surface area contributed by atoms with Gasteiger partial charge in [0.25, 0.3) is 0 Å². The molecule has 2 nitrogen and oxygen atoms in total. The molecular weight excluding hydrogens is 162 g/mol. The van der Waals surface area contributed by atoms with Crippen LogP contribution in [-0.2, 0) is 0 Å². The summed E-state index contributed by atoms with van der Waals surface area (Å²) in [6.45, 7) is 6.45. The van der Waals surface area contributed by atoms with Gasteiger partial charge < -0.3 is 10.4 Å². The van der Waals surface area contributed by atoms with Crippen molar-refractivity contribution in [3.05, 3.63) is 0 Å². The summed E-state index contributed by atoms with van der Waals surface area (Å²) in [4.78, 5) is 0. The summed E-state index contributed by atoms with van der Waals surface area (Å²) in [5, 5.41) is 14.1. The second kappa shape index (κ2) is 2.71. The largest absolute Gasteiger partial charge is 0.389 e. The van der Waals surface area contributed by atoms with E-state index in [4.69, 9.17) is 0 Å². The fraction of sp³-hybridized carbons (Fsp3) is 1.00. The van der Waals surface area contributed by atoms with Crippen LogP contribution in [0.25, 0.3) is 0 Å². The first-order chi connectivity index (χ1) is 5.91. The molecule has 0 amide bonds. The Labute approximate surface area is 80.7 Å². The molecule has 2 bridgehead atoms. The van der Waals surface area contributed by atoms with Crippen molar-refractivity contribution in [1.82, 2.24) is 5.32 Å². The summed E-state index contributed by atoms with van der Waals surface area (Å²) in [6.07, 6.45) is 4.38. The number of fused-ring (bicyclic) bond motifs is 2. The fourth-order valence-electron chi connectivity index (χ4n) is 2.74. The molecule has 2 heteroatoms. The highest BCUT2D eigenvalue weighted by molar-refractivity contribution is 5.04. The van der Waals surface area contributed by atoms with E-state index < -0.39 is 5.60 Å². The highest BCUT2D eigenvalue weighted by Gasteiger charge is 2.48. The molecule has 0 saturated carbocycles. The van der Waals surface area contributed by atoms with Gasteiger partial charge in [-0.15, -0.1) is 0 Å². The normalized spacial score (nSPS) is 45.2. The van der Waals surface area contributed by atoms with Crippen molar-refractivity contribution in [2.75, 3.05) is 0 Å². The third-order valence-electron chi connectivity index (χ3n) is 3.90. The zero-order valence-corrected chi connectivity index (χ0v) is 8.93. The number of hydrogen-bond donors (Lipinski definition) is 2. The minimum atomic E-state index is -0.440. The quantitative estimate of drug-likeness (QED) is 0.599. The van der Waals surface area contributed by atoms with E-state index in [0.29, 0.717) is 12.1 Å². The Morgan fingerprint density at radius 2 is 1.62 bits per heavy atom. The van der Waals surface area contributed by atoms with Crippen molar-refractivity contribution in [3.8, 4) is 0 Å². The summed E-state index contributed by atoms with van der Waals surface area (Å²) in [5.74, 6) is 0. The van der Waals surface area contributed by atoms with Crippen LogP contribution >= 0.6 is 0 Å². The first-order valence-corrected chi connectivity index (χ1v) is 5.39. The number of piperidine rings is 1. The summed E-state index contributed by atoms with van der Waals surface area (Å²) in [6, 6.07) is 1.14. The van der Waals surface area contributed by atoms with Crippen LogP contribution in [0.4, 0.5) is 0 Å². The number of nitrogens with one attached hydrogen (secondary N) is 1. The molecule has 2 N–H and O–H groups in total. The lowest BCUT2D eigenvalue weighted by Gasteiger charge is -2.46. The zero-order valence-electron chi connectivity index (χ0n) is 8.93. The molecule has 2 fully saturated rings. The van der Waals surface area contributed by atoms with Crippen LogP contribution < -0.4 is 5.32 Å². The molecule has 2 aliphatic heterocycles. The van der Waals surface area contributed by atoms with E-state index in [-0.39, 0.29) is 5.41 Å². The van der Waals surface area contributed by atoms with Gasteiger partial charge in [-0.2, -0.15) is 0 Å². The molecule has 0 aromatic rings. The van der Waals surface area contributed by atoms with E-state index >= 15 is 0 Å². The van der Waals surface area contributed by atoms with Crippen molar-refractivity contribution in [2.45, 2.75) is 64.1 Å². The molecule has 0 aromatic heterocycles. The van der Waals surface area contributed by atoms with Gasteiger partial charge in [-0.05, 0) is 31.1 Å². The Morgan fingerprint density at radius 3 is 2.00 bits per heavy atom. The monoisotopic (exact) mass is 183 g/mol. The van der Waals surface area contributed by atoms with Crippen LogP contribution in [0.5, 0.6) is 0 Å². The molecule has 0 aromatic carbocycles. The number of aliphatic hydroxyl groups is 1. The molecule has 2 heterocycles. The van der Waals surface area contributed by atoms with Gasteiger partial charge >= 0.3 is 0 Å². The van der Waals surface area contributed by atoms with E-state index in [1.807, 2.05) is 0 Å². The average Bonchev–Trinajstić information content (AvgIpc) is 2.28. The van der Waals surface area contributed by atoms with Gasteiger partial charge in [-0.3, -0.25) is 0 Å². The lowest BCUT2D eigenvalue weighted by atomic mass is 9.69. The van der Waals surface area contributed by atoms with Crippen LogP contribution in [0.2, 0.25) is 0 Å². The van der Waals surface area contributed by atoms with Crippen molar-refractivity contribution < 1.29 is 5.11 Å². The smallest absolute Gasteiger partial charge is 0.0725 e. The van der Waals surface area contributed by atoms with Crippen LogP contribution in [0.1, 0.15) is 46.5 Å². The van der Waals surface area contributed by atoms with Gasteiger partial charge in [0, 0.05) is 12.1 Å². The summed E-state index contributed by atoms with van der Waals surface area (Å²) in [7, 11) is 0. The maximum Gasteiger partial charge on any atom is 0.0725 e. The molecule has 2 aliphatic rings. The summed E-state index contributed by atoms with van der Waals surface area (Å²) < 4.78 is 0. The van der Waals surface area contributed by atoms with E-state index in [9.17, 15) is 5.11 Å². The third kappa shape index (κ3) is 1.50. The maximum atomic E-state index is 10.5. The number of hydrogen-bond acceptors (Lipinski definition) is 2.